The number of aromatic nitrogens is 2. The molecule has 1 heterocycles. The number of carbonyl (C=O) groups excluding carboxylic acids is 1. The Morgan fingerprint density at radius 1 is 1.26 bits per heavy atom. The SMILES string of the molecule is Nc1cc(C(=O)Nc2cc(Cl)nc(Cl)n2)ccc1Br. The lowest BCUT2D eigenvalue weighted by Crippen LogP contribution is -2.13. The molecule has 0 aliphatic carbocycles. The van der Waals surface area contributed by atoms with Gasteiger partial charge in [-0.3, -0.25) is 4.79 Å². The molecule has 0 fully saturated rings. The van der Waals surface area contributed by atoms with Crippen molar-refractivity contribution in [2.45, 2.75) is 0 Å². The number of hydrogen-bond acceptors (Lipinski definition) is 4. The number of nitrogens with zero attached hydrogens (tertiary/aromatic N) is 2. The summed E-state index contributed by atoms with van der Waals surface area (Å²) in [4.78, 5) is 19.5. The third-order valence-corrected chi connectivity index (χ3v) is 3.25. The zero-order chi connectivity index (χ0) is 14.0. The average Bonchev–Trinajstić information content (AvgIpc) is 2.31. The van der Waals surface area contributed by atoms with Crippen LogP contribution in [0.1, 0.15) is 10.4 Å². The minimum Gasteiger partial charge on any atom is -0.398 e. The van der Waals surface area contributed by atoms with Crippen LogP contribution < -0.4 is 11.1 Å². The van der Waals surface area contributed by atoms with Crippen molar-refractivity contribution >= 4 is 56.5 Å². The van der Waals surface area contributed by atoms with Crippen molar-refractivity contribution in [3.63, 3.8) is 0 Å². The molecule has 8 heteroatoms. The molecular formula is C11H7BrCl2N4O. The van der Waals surface area contributed by atoms with Gasteiger partial charge in [-0.05, 0) is 45.7 Å². The first kappa shape index (κ1) is 14.0. The van der Waals surface area contributed by atoms with Crippen molar-refractivity contribution in [3.8, 4) is 0 Å². The molecular weight excluding hydrogens is 355 g/mol. The lowest BCUT2D eigenvalue weighted by Gasteiger charge is -2.06. The summed E-state index contributed by atoms with van der Waals surface area (Å²) in [6, 6.07) is 6.25. The van der Waals surface area contributed by atoms with Gasteiger partial charge in [0.1, 0.15) is 11.0 Å². The zero-order valence-electron chi connectivity index (χ0n) is 9.32. The Kier molecular flexibility index (Phi) is 4.24. The van der Waals surface area contributed by atoms with Crippen LogP contribution in [0.15, 0.2) is 28.7 Å². The number of hydrogen-bond donors (Lipinski definition) is 2. The second-order valence-corrected chi connectivity index (χ2v) is 5.12. The highest BCUT2D eigenvalue weighted by Gasteiger charge is 2.10. The fourth-order valence-electron chi connectivity index (χ4n) is 1.33. The summed E-state index contributed by atoms with van der Waals surface area (Å²) >= 11 is 14.6. The molecule has 0 bridgehead atoms. The number of nitrogens with two attached hydrogens (primary N) is 1. The van der Waals surface area contributed by atoms with Gasteiger partial charge >= 0.3 is 0 Å². The molecule has 0 radical (unpaired) electrons. The van der Waals surface area contributed by atoms with E-state index in [0.29, 0.717) is 11.3 Å². The number of anilines is 2. The number of rotatable bonds is 2. The van der Waals surface area contributed by atoms with Gasteiger partial charge in [-0.25, -0.2) is 9.97 Å². The summed E-state index contributed by atoms with van der Waals surface area (Å²) in [5.74, 6) is -0.151. The van der Waals surface area contributed by atoms with Crippen LogP contribution in [0.5, 0.6) is 0 Å². The molecule has 19 heavy (non-hydrogen) atoms. The van der Waals surface area contributed by atoms with Gasteiger partial charge in [0.05, 0.1) is 0 Å². The number of nitrogens with one attached hydrogen (secondary N) is 1. The van der Waals surface area contributed by atoms with E-state index in [4.69, 9.17) is 28.9 Å². The average molecular weight is 362 g/mol. The molecule has 1 amide bonds. The van der Waals surface area contributed by atoms with E-state index in [1.165, 1.54) is 6.07 Å². The van der Waals surface area contributed by atoms with Crippen molar-refractivity contribution in [2.75, 3.05) is 11.1 Å². The Balaban J connectivity index is 2.22. The van der Waals surface area contributed by atoms with Crippen molar-refractivity contribution in [1.82, 2.24) is 9.97 Å². The van der Waals surface area contributed by atoms with Gasteiger partial charge in [-0.15, -0.1) is 0 Å². The highest BCUT2D eigenvalue weighted by Crippen LogP contribution is 2.21. The summed E-state index contributed by atoms with van der Waals surface area (Å²) in [7, 11) is 0. The number of nitrogen functional groups attached to an aromatic ring is 1. The van der Waals surface area contributed by atoms with Crippen molar-refractivity contribution in [1.29, 1.82) is 0 Å². The molecule has 1 aromatic heterocycles. The maximum atomic E-state index is 12.0. The molecule has 1 aromatic carbocycles. The number of benzene rings is 1. The van der Waals surface area contributed by atoms with Crippen LogP contribution in [0.4, 0.5) is 11.5 Å². The fourth-order valence-corrected chi connectivity index (χ4v) is 1.98. The Labute approximate surface area is 127 Å². The van der Waals surface area contributed by atoms with Gasteiger partial charge in [-0.1, -0.05) is 11.6 Å². The van der Waals surface area contributed by atoms with Crippen LogP contribution >= 0.6 is 39.1 Å². The fraction of sp³-hybridized carbons (Fsp3) is 0. The largest absolute Gasteiger partial charge is 0.398 e. The molecule has 98 valence electrons. The third kappa shape index (κ3) is 3.56. The molecule has 5 nitrogen and oxygen atoms in total. The molecule has 0 atom stereocenters. The molecule has 2 aromatic rings. The van der Waals surface area contributed by atoms with E-state index in [2.05, 4.69) is 31.2 Å². The van der Waals surface area contributed by atoms with E-state index in [1.807, 2.05) is 0 Å². The van der Waals surface area contributed by atoms with Crippen LogP contribution in [-0.2, 0) is 0 Å². The van der Waals surface area contributed by atoms with E-state index in [-0.39, 0.29) is 22.2 Å². The normalized spacial score (nSPS) is 10.3. The minimum atomic E-state index is -0.370. The smallest absolute Gasteiger partial charge is 0.256 e. The van der Waals surface area contributed by atoms with E-state index in [9.17, 15) is 4.79 Å². The van der Waals surface area contributed by atoms with E-state index < -0.39 is 0 Å². The number of halogens is 3. The summed E-state index contributed by atoms with van der Waals surface area (Å²) in [5, 5.41) is 2.66. The summed E-state index contributed by atoms with van der Waals surface area (Å²) in [6.45, 7) is 0. The molecule has 0 aliphatic heterocycles. The quantitative estimate of drug-likeness (QED) is 0.488. The Morgan fingerprint density at radius 3 is 2.63 bits per heavy atom. The predicted molar refractivity (Wildman–Crippen MR) is 78.6 cm³/mol. The Hall–Kier alpha value is -1.37. The van der Waals surface area contributed by atoms with Crippen molar-refractivity contribution in [3.05, 3.63) is 44.7 Å². The maximum absolute atomic E-state index is 12.0. The monoisotopic (exact) mass is 360 g/mol. The predicted octanol–water partition coefficient (Wildman–Crippen LogP) is 3.38. The highest BCUT2D eigenvalue weighted by molar-refractivity contribution is 9.10. The summed E-state index contributed by atoms with van der Waals surface area (Å²) in [5.41, 5.74) is 6.56. The summed E-state index contributed by atoms with van der Waals surface area (Å²) in [6.07, 6.45) is 0. The van der Waals surface area contributed by atoms with Gasteiger partial charge in [0, 0.05) is 21.8 Å². The molecule has 0 saturated carbocycles. The van der Waals surface area contributed by atoms with E-state index in [1.54, 1.807) is 18.2 Å². The first-order chi connectivity index (χ1) is 8.95. The first-order valence-electron chi connectivity index (χ1n) is 5.02. The van der Waals surface area contributed by atoms with E-state index >= 15 is 0 Å². The van der Waals surface area contributed by atoms with Gasteiger partial charge in [0.2, 0.25) is 5.28 Å². The van der Waals surface area contributed by atoms with Gasteiger partial charge in [-0.2, -0.15) is 0 Å². The Bertz CT molecular complexity index is 630. The van der Waals surface area contributed by atoms with Crippen LogP contribution in [0.2, 0.25) is 10.4 Å². The standard InChI is InChI=1S/C11H7BrCl2N4O/c12-6-2-1-5(3-7(6)15)10(19)17-9-4-8(13)16-11(14)18-9/h1-4H,15H2,(H,16,17,18,19). The molecule has 3 N–H and O–H groups in total. The van der Waals surface area contributed by atoms with Crippen LogP contribution in [0, 0.1) is 0 Å². The third-order valence-electron chi connectivity index (χ3n) is 2.17. The number of amides is 1. The lowest BCUT2D eigenvalue weighted by atomic mass is 10.2. The second-order valence-electron chi connectivity index (χ2n) is 3.54. The minimum absolute atomic E-state index is 0.0434. The van der Waals surface area contributed by atoms with Crippen LogP contribution in [0.25, 0.3) is 0 Å². The van der Waals surface area contributed by atoms with Gasteiger partial charge < -0.3 is 11.1 Å². The molecule has 0 spiro atoms. The van der Waals surface area contributed by atoms with Crippen molar-refractivity contribution < 1.29 is 4.79 Å². The zero-order valence-corrected chi connectivity index (χ0v) is 12.4. The molecule has 0 unspecified atom stereocenters. The second kappa shape index (κ2) is 5.73. The van der Waals surface area contributed by atoms with E-state index in [0.717, 1.165) is 4.47 Å². The van der Waals surface area contributed by atoms with Gasteiger partial charge in [0.15, 0.2) is 0 Å². The van der Waals surface area contributed by atoms with Crippen LogP contribution in [-0.4, -0.2) is 15.9 Å². The molecule has 0 saturated heterocycles. The lowest BCUT2D eigenvalue weighted by molar-refractivity contribution is 0.102. The maximum Gasteiger partial charge on any atom is 0.256 e. The topological polar surface area (TPSA) is 80.9 Å². The highest BCUT2D eigenvalue weighted by atomic mass is 79.9. The molecule has 2 rings (SSSR count). The van der Waals surface area contributed by atoms with Gasteiger partial charge in [0.25, 0.3) is 5.91 Å². The van der Waals surface area contributed by atoms with Crippen molar-refractivity contribution in [2.24, 2.45) is 0 Å². The number of carbonyl (C=O) groups is 1. The summed E-state index contributed by atoms with van der Waals surface area (Å²) < 4.78 is 0.720. The molecule has 0 aliphatic rings. The Morgan fingerprint density at radius 2 is 2.00 bits per heavy atom. The first-order valence-corrected chi connectivity index (χ1v) is 6.57. The van der Waals surface area contributed by atoms with Crippen LogP contribution in [0.3, 0.4) is 0 Å².